The molecule has 2 atom stereocenters. The van der Waals surface area contributed by atoms with E-state index < -0.39 is 0 Å². The Bertz CT molecular complexity index is 587. The first-order valence-corrected chi connectivity index (χ1v) is 5.85. The van der Waals surface area contributed by atoms with Gasteiger partial charge in [-0.1, -0.05) is 0 Å². The molecule has 1 fully saturated rings. The van der Waals surface area contributed by atoms with Gasteiger partial charge >= 0.3 is 0 Å². The van der Waals surface area contributed by atoms with E-state index in [2.05, 4.69) is 15.3 Å². The van der Waals surface area contributed by atoms with Gasteiger partial charge in [0.1, 0.15) is 5.52 Å². The van der Waals surface area contributed by atoms with Gasteiger partial charge in [0.15, 0.2) is 0 Å². The lowest BCUT2D eigenvalue weighted by molar-refractivity contribution is 0.252. The predicted molar refractivity (Wildman–Crippen MR) is 64.9 cm³/mol. The lowest BCUT2D eigenvalue weighted by Crippen LogP contribution is -2.27. The van der Waals surface area contributed by atoms with Gasteiger partial charge < -0.3 is 20.4 Å². The number of fused-ring (bicyclic) bond motifs is 1. The maximum absolute atomic E-state index is 11.6. The zero-order chi connectivity index (χ0) is 11.8. The number of nitrogens with one attached hydrogen (secondary N) is 3. The first-order chi connectivity index (χ1) is 8.29. The fourth-order valence-electron chi connectivity index (χ4n) is 2.59. The quantitative estimate of drug-likeness (QED) is 0.614. The molecule has 1 aliphatic heterocycles. The molecule has 0 bridgehead atoms. The topological polar surface area (TPSA) is 80.9 Å². The van der Waals surface area contributed by atoms with Crippen LogP contribution in [0.5, 0.6) is 0 Å². The highest BCUT2D eigenvalue weighted by atomic mass is 16.3. The van der Waals surface area contributed by atoms with Gasteiger partial charge in [-0.25, -0.2) is 0 Å². The summed E-state index contributed by atoms with van der Waals surface area (Å²) in [7, 11) is 0. The van der Waals surface area contributed by atoms with E-state index in [0.717, 1.165) is 23.8 Å². The van der Waals surface area contributed by atoms with Gasteiger partial charge in [0.25, 0.3) is 5.56 Å². The van der Waals surface area contributed by atoms with Gasteiger partial charge in [-0.2, -0.15) is 0 Å². The van der Waals surface area contributed by atoms with Crippen LogP contribution in [0, 0.1) is 0 Å². The van der Waals surface area contributed by atoms with Crippen molar-refractivity contribution in [3.63, 3.8) is 0 Å². The van der Waals surface area contributed by atoms with Gasteiger partial charge in [-0.15, -0.1) is 0 Å². The van der Waals surface area contributed by atoms with Crippen LogP contribution in [0.3, 0.4) is 0 Å². The SMILES string of the molecule is O=c1[nH]ccc2c([C@H]3CC[C@@H](CO)N3)c[nH]c12. The normalized spacial score (nSPS) is 24.5. The first-order valence-electron chi connectivity index (χ1n) is 5.85. The van der Waals surface area contributed by atoms with Crippen LogP contribution < -0.4 is 10.9 Å². The summed E-state index contributed by atoms with van der Waals surface area (Å²) in [4.78, 5) is 17.3. The highest BCUT2D eigenvalue weighted by molar-refractivity contribution is 5.82. The number of aliphatic hydroxyl groups excluding tert-OH is 1. The molecule has 3 heterocycles. The van der Waals surface area contributed by atoms with Gasteiger partial charge in [0.05, 0.1) is 6.61 Å². The summed E-state index contributed by atoms with van der Waals surface area (Å²) in [6.07, 6.45) is 5.51. The van der Waals surface area contributed by atoms with Crippen molar-refractivity contribution >= 4 is 10.9 Å². The van der Waals surface area contributed by atoms with Crippen molar-refractivity contribution in [3.8, 4) is 0 Å². The summed E-state index contributed by atoms with van der Waals surface area (Å²) < 4.78 is 0. The Morgan fingerprint density at radius 1 is 1.35 bits per heavy atom. The van der Waals surface area contributed by atoms with E-state index in [4.69, 9.17) is 5.11 Å². The van der Waals surface area contributed by atoms with E-state index in [1.807, 2.05) is 12.3 Å². The molecule has 4 N–H and O–H groups in total. The van der Waals surface area contributed by atoms with Gasteiger partial charge in [0, 0.05) is 29.9 Å². The smallest absolute Gasteiger partial charge is 0.272 e. The number of rotatable bonds is 2. The minimum atomic E-state index is -0.0922. The van der Waals surface area contributed by atoms with E-state index in [9.17, 15) is 4.79 Å². The molecule has 5 heteroatoms. The zero-order valence-corrected chi connectivity index (χ0v) is 9.36. The molecule has 5 nitrogen and oxygen atoms in total. The Morgan fingerprint density at radius 2 is 2.24 bits per heavy atom. The Kier molecular flexibility index (Phi) is 2.49. The summed E-state index contributed by atoms with van der Waals surface area (Å²) in [6.45, 7) is 0.166. The summed E-state index contributed by atoms with van der Waals surface area (Å²) in [6, 6.07) is 2.31. The number of hydrogen-bond donors (Lipinski definition) is 4. The molecule has 3 rings (SSSR count). The monoisotopic (exact) mass is 233 g/mol. The number of aromatic amines is 2. The number of pyridine rings is 1. The van der Waals surface area contributed by atoms with E-state index in [1.54, 1.807) is 6.20 Å². The Labute approximate surface area is 97.9 Å². The fourth-order valence-corrected chi connectivity index (χ4v) is 2.59. The van der Waals surface area contributed by atoms with Crippen molar-refractivity contribution in [2.45, 2.75) is 24.9 Å². The molecule has 0 unspecified atom stereocenters. The molecule has 0 aliphatic carbocycles. The number of aliphatic hydroxyl groups is 1. The summed E-state index contributed by atoms with van der Waals surface area (Å²) in [5.74, 6) is 0. The average Bonchev–Trinajstić information content (AvgIpc) is 2.94. The Hall–Kier alpha value is -1.59. The van der Waals surface area contributed by atoms with Crippen molar-refractivity contribution in [3.05, 3.63) is 34.4 Å². The van der Waals surface area contributed by atoms with Gasteiger partial charge in [0.2, 0.25) is 0 Å². The first kappa shape index (κ1) is 10.6. The van der Waals surface area contributed by atoms with Crippen LogP contribution >= 0.6 is 0 Å². The maximum Gasteiger partial charge on any atom is 0.272 e. The molecular weight excluding hydrogens is 218 g/mol. The zero-order valence-electron chi connectivity index (χ0n) is 9.36. The molecular formula is C12H15N3O2. The third kappa shape index (κ3) is 1.67. The number of hydrogen-bond acceptors (Lipinski definition) is 3. The Morgan fingerprint density at radius 3 is 3.00 bits per heavy atom. The molecule has 17 heavy (non-hydrogen) atoms. The van der Waals surface area contributed by atoms with Crippen molar-refractivity contribution in [2.24, 2.45) is 0 Å². The fraction of sp³-hybridized carbons (Fsp3) is 0.417. The summed E-state index contributed by atoms with van der Waals surface area (Å²) in [5, 5.41) is 13.4. The molecule has 0 amide bonds. The molecule has 0 saturated carbocycles. The predicted octanol–water partition coefficient (Wildman–Crippen LogP) is 0.642. The van der Waals surface area contributed by atoms with Crippen LogP contribution in [-0.4, -0.2) is 27.7 Å². The standard InChI is InChI=1S/C12H15N3O2/c16-6-7-1-2-10(15-7)9-5-14-11-8(9)3-4-13-12(11)17/h3-5,7,10,14-16H,1-2,6H2,(H,13,17)/t7-,10+/m0/s1. The highest BCUT2D eigenvalue weighted by Crippen LogP contribution is 2.30. The number of aromatic nitrogens is 2. The van der Waals surface area contributed by atoms with E-state index >= 15 is 0 Å². The van der Waals surface area contributed by atoms with Gasteiger partial charge in [-0.05, 0) is 24.5 Å². The molecule has 0 aromatic carbocycles. The lowest BCUT2D eigenvalue weighted by Gasteiger charge is -2.11. The molecule has 0 radical (unpaired) electrons. The molecule has 0 spiro atoms. The second-order valence-electron chi connectivity index (χ2n) is 4.52. The maximum atomic E-state index is 11.6. The minimum Gasteiger partial charge on any atom is -0.395 e. The van der Waals surface area contributed by atoms with Crippen molar-refractivity contribution < 1.29 is 5.11 Å². The van der Waals surface area contributed by atoms with Crippen LogP contribution in [0.15, 0.2) is 23.3 Å². The molecule has 1 saturated heterocycles. The lowest BCUT2D eigenvalue weighted by atomic mass is 10.1. The third-order valence-corrected chi connectivity index (χ3v) is 3.48. The minimum absolute atomic E-state index is 0.0922. The van der Waals surface area contributed by atoms with Crippen LogP contribution in [0.25, 0.3) is 10.9 Å². The van der Waals surface area contributed by atoms with Gasteiger partial charge in [-0.3, -0.25) is 4.79 Å². The summed E-state index contributed by atoms with van der Waals surface area (Å²) >= 11 is 0. The second kappa shape index (κ2) is 4.01. The molecule has 2 aromatic heterocycles. The van der Waals surface area contributed by atoms with E-state index in [0.29, 0.717) is 5.52 Å². The van der Waals surface area contributed by atoms with Crippen LogP contribution in [0.1, 0.15) is 24.4 Å². The van der Waals surface area contributed by atoms with Crippen LogP contribution in [0.2, 0.25) is 0 Å². The second-order valence-corrected chi connectivity index (χ2v) is 4.52. The molecule has 1 aliphatic rings. The van der Waals surface area contributed by atoms with Crippen molar-refractivity contribution in [1.82, 2.24) is 15.3 Å². The average molecular weight is 233 g/mol. The third-order valence-electron chi connectivity index (χ3n) is 3.48. The van der Waals surface area contributed by atoms with Crippen molar-refractivity contribution in [2.75, 3.05) is 6.61 Å². The number of H-pyrrole nitrogens is 2. The molecule has 90 valence electrons. The largest absolute Gasteiger partial charge is 0.395 e. The van der Waals surface area contributed by atoms with Crippen LogP contribution in [-0.2, 0) is 0 Å². The molecule has 2 aromatic rings. The van der Waals surface area contributed by atoms with E-state index in [1.165, 1.54) is 0 Å². The van der Waals surface area contributed by atoms with E-state index in [-0.39, 0.29) is 24.2 Å². The van der Waals surface area contributed by atoms with Crippen molar-refractivity contribution in [1.29, 1.82) is 0 Å². The Balaban J connectivity index is 2.02. The van der Waals surface area contributed by atoms with Crippen LogP contribution in [0.4, 0.5) is 0 Å². The highest BCUT2D eigenvalue weighted by Gasteiger charge is 2.26. The summed E-state index contributed by atoms with van der Waals surface area (Å²) in [5.41, 5.74) is 1.64.